The molecule has 0 unspecified atom stereocenters. The second-order valence-corrected chi connectivity index (χ2v) is 6.97. The first-order valence-corrected chi connectivity index (χ1v) is 10.2. The van der Waals surface area contributed by atoms with Crippen molar-refractivity contribution in [3.8, 4) is 0 Å². The third kappa shape index (κ3) is 7.91. The Hall–Kier alpha value is -2.69. The predicted molar refractivity (Wildman–Crippen MR) is 113 cm³/mol. The van der Waals surface area contributed by atoms with Crippen LogP contribution in [-0.4, -0.2) is 34.8 Å². The highest BCUT2D eigenvalue weighted by Crippen LogP contribution is 2.11. The average Bonchev–Trinajstić information content (AvgIpc) is 2.73. The minimum Gasteiger partial charge on any atom is -0.338 e. The van der Waals surface area contributed by atoms with Gasteiger partial charge in [0.05, 0.1) is 5.56 Å². The summed E-state index contributed by atoms with van der Waals surface area (Å²) >= 11 is 0. The van der Waals surface area contributed by atoms with E-state index in [1.165, 1.54) is 25.7 Å². The van der Waals surface area contributed by atoms with Crippen molar-refractivity contribution in [2.75, 3.05) is 18.4 Å². The van der Waals surface area contributed by atoms with Gasteiger partial charge in [-0.25, -0.2) is 0 Å². The maximum atomic E-state index is 12.8. The Bertz CT molecular complexity index is 704. The zero-order chi connectivity index (χ0) is 20.0. The zero-order valence-corrected chi connectivity index (χ0v) is 16.8. The number of rotatable bonds is 12. The molecule has 1 aromatic carbocycles. The largest absolute Gasteiger partial charge is 0.338 e. The van der Waals surface area contributed by atoms with E-state index in [2.05, 4.69) is 17.2 Å². The fraction of sp³-hybridized carbons (Fsp3) is 0.435. The number of benzene rings is 1. The summed E-state index contributed by atoms with van der Waals surface area (Å²) in [7, 11) is 0. The van der Waals surface area contributed by atoms with E-state index < -0.39 is 0 Å². The summed E-state index contributed by atoms with van der Waals surface area (Å²) in [5.74, 6) is -0.146. The number of hydrogen-bond donors (Lipinski definition) is 1. The van der Waals surface area contributed by atoms with Gasteiger partial charge in [0.2, 0.25) is 5.91 Å². The molecule has 1 aromatic heterocycles. The number of aromatic nitrogens is 1. The monoisotopic (exact) mass is 381 g/mol. The van der Waals surface area contributed by atoms with Crippen LogP contribution < -0.4 is 5.32 Å². The summed E-state index contributed by atoms with van der Waals surface area (Å²) in [6.45, 7) is 3.27. The molecule has 0 bridgehead atoms. The van der Waals surface area contributed by atoms with Gasteiger partial charge in [0, 0.05) is 37.6 Å². The third-order valence-electron chi connectivity index (χ3n) is 4.64. The van der Waals surface area contributed by atoms with Crippen LogP contribution in [0.15, 0.2) is 54.9 Å². The first kappa shape index (κ1) is 21.6. The Kier molecular flexibility index (Phi) is 9.76. The minimum absolute atomic E-state index is 0.0610. The van der Waals surface area contributed by atoms with E-state index >= 15 is 0 Å². The standard InChI is InChI=1S/C23H31N3O2/c1-2-3-4-5-6-10-17-26(23(28)20-12-11-16-24-19-20)18-15-22(27)25-21-13-8-7-9-14-21/h7-9,11-14,16,19H,2-6,10,15,17-18H2,1H3,(H,25,27). The predicted octanol–water partition coefficient (Wildman–Crippen LogP) is 4.91. The Balaban J connectivity index is 1.87. The summed E-state index contributed by atoms with van der Waals surface area (Å²) in [5.41, 5.74) is 1.34. The Labute approximate surface area is 168 Å². The lowest BCUT2D eigenvalue weighted by atomic mass is 10.1. The summed E-state index contributed by atoms with van der Waals surface area (Å²) in [6, 6.07) is 12.9. The van der Waals surface area contributed by atoms with Gasteiger partial charge in [-0.3, -0.25) is 14.6 Å². The van der Waals surface area contributed by atoms with Crippen molar-refractivity contribution in [2.24, 2.45) is 0 Å². The number of unbranched alkanes of at least 4 members (excludes halogenated alkanes) is 5. The van der Waals surface area contributed by atoms with E-state index in [4.69, 9.17) is 0 Å². The molecule has 1 heterocycles. The van der Waals surface area contributed by atoms with Crippen LogP contribution in [0.5, 0.6) is 0 Å². The van der Waals surface area contributed by atoms with E-state index in [0.717, 1.165) is 18.5 Å². The number of anilines is 1. The lowest BCUT2D eigenvalue weighted by Crippen LogP contribution is -2.34. The molecular formula is C23H31N3O2. The normalized spacial score (nSPS) is 10.5. The molecule has 150 valence electrons. The summed E-state index contributed by atoms with van der Waals surface area (Å²) < 4.78 is 0. The van der Waals surface area contributed by atoms with Crippen LogP contribution in [0.25, 0.3) is 0 Å². The molecule has 5 nitrogen and oxygen atoms in total. The molecule has 0 spiro atoms. The number of nitrogens with zero attached hydrogens (tertiary/aromatic N) is 2. The van der Waals surface area contributed by atoms with Crippen molar-refractivity contribution in [1.82, 2.24) is 9.88 Å². The Morgan fingerprint density at radius 1 is 0.929 bits per heavy atom. The van der Waals surface area contributed by atoms with Crippen molar-refractivity contribution in [3.63, 3.8) is 0 Å². The second kappa shape index (κ2) is 12.7. The molecular weight excluding hydrogens is 350 g/mol. The van der Waals surface area contributed by atoms with E-state index in [0.29, 0.717) is 18.7 Å². The number of carbonyl (C=O) groups is 2. The molecule has 0 atom stereocenters. The SMILES string of the molecule is CCCCCCCCN(CCC(=O)Nc1ccccc1)C(=O)c1cccnc1. The van der Waals surface area contributed by atoms with E-state index in [1.807, 2.05) is 30.3 Å². The zero-order valence-electron chi connectivity index (χ0n) is 16.8. The van der Waals surface area contributed by atoms with Gasteiger partial charge in [0.25, 0.3) is 5.91 Å². The van der Waals surface area contributed by atoms with Crippen LogP contribution in [0.3, 0.4) is 0 Å². The van der Waals surface area contributed by atoms with Crippen LogP contribution in [-0.2, 0) is 4.79 Å². The van der Waals surface area contributed by atoms with Crippen molar-refractivity contribution in [1.29, 1.82) is 0 Å². The quantitative estimate of drug-likeness (QED) is 0.531. The molecule has 0 aliphatic carbocycles. The van der Waals surface area contributed by atoms with Crippen molar-refractivity contribution >= 4 is 17.5 Å². The number of amides is 2. The topological polar surface area (TPSA) is 62.3 Å². The van der Waals surface area contributed by atoms with Crippen molar-refractivity contribution in [2.45, 2.75) is 51.9 Å². The third-order valence-corrected chi connectivity index (χ3v) is 4.64. The van der Waals surface area contributed by atoms with Crippen LogP contribution in [0.1, 0.15) is 62.2 Å². The maximum Gasteiger partial charge on any atom is 0.255 e. The second-order valence-electron chi connectivity index (χ2n) is 6.97. The lowest BCUT2D eigenvalue weighted by molar-refractivity contribution is -0.116. The molecule has 0 saturated heterocycles. The average molecular weight is 382 g/mol. The van der Waals surface area contributed by atoms with Gasteiger partial charge >= 0.3 is 0 Å². The molecule has 2 rings (SSSR count). The Morgan fingerprint density at radius 3 is 2.39 bits per heavy atom. The van der Waals surface area contributed by atoms with Crippen LogP contribution in [0.4, 0.5) is 5.69 Å². The fourth-order valence-corrected chi connectivity index (χ4v) is 3.05. The minimum atomic E-state index is -0.0851. The van der Waals surface area contributed by atoms with Gasteiger partial charge in [-0.2, -0.15) is 0 Å². The van der Waals surface area contributed by atoms with Crippen LogP contribution >= 0.6 is 0 Å². The Morgan fingerprint density at radius 2 is 1.68 bits per heavy atom. The number of para-hydroxylation sites is 1. The highest BCUT2D eigenvalue weighted by Gasteiger charge is 2.17. The summed E-state index contributed by atoms with van der Waals surface area (Å²) in [5, 5.41) is 2.88. The van der Waals surface area contributed by atoms with Crippen molar-refractivity contribution < 1.29 is 9.59 Å². The molecule has 0 aliphatic heterocycles. The molecule has 5 heteroatoms. The maximum absolute atomic E-state index is 12.8. The van der Waals surface area contributed by atoms with Gasteiger partial charge < -0.3 is 10.2 Å². The number of carbonyl (C=O) groups excluding carboxylic acids is 2. The molecule has 1 N–H and O–H groups in total. The highest BCUT2D eigenvalue weighted by atomic mass is 16.2. The van der Waals surface area contributed by atoms with Gasteiger partial charge in [-0.1, -0.05) is 57.2 Å². The molecule has 0 radical (unpaired) electrons. The summed E-state index contributed by atoms with van der Waals surface area (Å²) in [4.78, 5) is 30.9. The number of pyridine rings is 1. The van der Waals surface area contributed by atoms with E-state index in [-0.39, 0.29) is 18.2 Å². The van der Waals surface area contributed by atoms with Gasteiger partial charge in [-0.05, 0) is 30.7 Å². The molecule has 0 aliphatic rings. The number of hydrogen-bond acceptors (Lipinski definition) is 3. The van der Waals surface area contributed by atoms with Gasteiger partial charge in [0.1, 0.15) is 0 Å². The first-order valence-electron chi connectivity index (χ1n) is 10.2. The van der Waals surface area contributed by atoms with Gasteiger partial charge in [-0.15, -0.1) is 0 Å². The number of nitrogens with one attached hydrogen (secondary N) is 1. The first-order chi connectivity index (χ1) is 13.7. The van der Waals surface area contributed by atoms with E-state index in [9.17, 15) is 9.59 Å². The molecule has 0 fully saturated rings. The molecule has 0 saturated carbocycles. The van der Waals surface area contributed by atoms with Crippen molar-refractivity contribution in [3.05, 3.63) is 60.4 Å². The fourth-order valence-electron chi connectivity index (χ4n) is 3.05. The van der Waals surface area contributed by atoms with Crippen LogP contribution in [0.2, 0.25) is 0 Å². The summed E-state index contributed by atoms with van der Waals surface area (Å²) in [6.07, 6.45) is 10.5. The van der Waals surface area contributed by atoms with Gasteiger partial charge in [0.15, 0.2) is 0 Å². The lowest BCUT2D eigenvalue weighted by Gasteiger charge is -2.22. The highest BCUT2D eigenvalue weighted by molar-refractivity contribution is 5.95. The molecule has 2 aromatic rings. The van der Waals surface area contributed by atoms with E-state index in [1.54, 1.807) is 29.4 Å². The molecule has 28 heavy (non-hydrogen) atoms. The molecule has 2 amide bonds. The van der Waals surface area contributed by atoms with Crippen LogP contribution in [0, 0.1) is 0 Å². The smallest absolute Gasteiger partial charge is 0.255 e.